The molecule has 0 amide bonds. The Hall–Kier alpha value is -0.320. The van der Waals surface area contributed by atoms with Crippen molar-refractivity contribution >= 4 is 23.2 Å². The Balaban J connectivity index is 1.98. The summed E-state index contributed by atoms with van der Waals surface area (Å²) < 4.78 is 5.75. The molecule has 1 unspecified atom stereocenters. The molecule has 0 aliphatic carbocycles. The van der Waals surface area contributed by atoms with Gasteiger partial charge in [-0.2, -0.15) is 0 Å². The van der Waals surface area contributed by atoms with Crippen LogP contribution in [-0.2, 0) is 4.74 Å². The zero-order valence-electron chi connectivity index (χ0n) is 13.0. The third-order valence-electron chi connectivity index (χ3n) is 3.94. The van der Waals surface area contributed by atoms with Crippen LogP contribution >= 0.6 is 23.2 Å². The summed E-state index contributed by atoms with van der Waals surface area (Å²) in [5.41, 5.74) is 1.01. The number of benzene rings is 1. The molecule has 1 heterocycles. The molecule has 1 aliphatic rings. The maximum Gasteiger partial charge on any atom is 0.0753 e. The van der Waals surface area contributed by atoms with E-state index in [4.69, 9.17) is 27.9 Å². The van der Waals surface area contributed by atoms with Gasteiger partial charge in [-0.15, -0.1) is 0 Å². The summed E-state index contributed by atoms with van der Waals surface area (Å²) in [7, 11) is 1.96. The van der Waals surface area contributed by atoms with Crippen LogP contribution in [0.3, 0.4) is 0 Å². The predicted octanol–water partition coefficient (Wildman–Crippen LogP) is 3.75. The number of rotatable bonds is 5. The lowest BCUT2D eigenvalue weighted by molar-refractivity contribution is -0.0864. The highest BCUT2D eigenvalue weighted by molar-refractivity contribution is 6.42. The van der Waals surface area contributed by atoms with E-state index < -0.39 is 0 Å². The second-order valence-electron chi connectivity index (χ2n) is 6.16. The number of halogens is 2. The molecule has 1 aromatic rings. The molecule has 1 N–H and O–H groups in total. The second kappa shape index (κ2) is 7.30. The molecule has 0 spiro atoms. The van der Waals surface area contributed by atoms with Crippen molar-refractivity contribution in [1.82, 2.24) is 10.2 Å². The molecule has 3 nitrogen and oxygen atoms in total. The molecule has 0 aromatic heterocycles. The fourth-order valence-corrected chi connectivity index (χ4v) is 3.30. The number of nitrogens with one attached hydrogen (secondary N) is 1. The number of nitrogens with zero attached hydrogens (tertiary/aromatic N) is 1. The Kier molecular flexibility index (Phi) is 5.92. The first-order valence-electron chi connectivity index (χ1n) is 7.40. The van der Waals surface area contributed by atoms with Crippen LogP contribution < -0.4 is 5.32 Å². The largest absolute Gasteiger partial charge is 0.373 e. The Bertz CT molecular complexity index is 479. The number of hydrogen-bond donors (Lipinski definition) is 1. The molecule has 1 fully saturated rings. The van der Waals surface area contributed by atoms with E-state index in [2.05, 4.69) is 24.1 Å². The third-order valence-corrected chi connectivity index (χ3v) is 4.78. The van der Waals surface area contributed by atoms with E-state index in [0.29, 0.717) is 10.0 Å². The molecule has 5 heteroatoms. The van der Waals surface area contributed by atoms with Gasteiger partial charge in [-0.25, -0.2) is 0 Å². The number of morpholine rings is 1. The molecule has 0 bridgehead atoms. The van der Waals surface area contributed by atoms with Crippen molar-refractivity contribution in [3.05, 3.63) is 33.8 Å². The molecular formula is C16H24Cl2N2O. The van der Waals surface area contributed by atoms with Crippen LogP contribution in [-0.4, -0.2) is 43.8 Å². The highest BCUT2D eigenvalue weighted by Crippen LogP contribution is 2.31. The van der Waals surface area contributed by atoms with E-state index in [9.17, 15) is 0 Å². The fourth-order valence-electron chi connectivity index (χ4n) is 2.86. The molecule has 1 aliphatic heterocycles. The van der Waals surface area contributed by atoms with E-state index in [1.165, 1.54) is 0 Å². The van der Waals surface area contributed by atoms with Gasteiger partial charge in [-0.1, -0.05) is 35.3 Å². The minimum absolute atomic E-state index is 0.0545. The fraction of sp³-hybridized carbons (Fsp3) is 0.625. The summed E-state index contributed by atoms with van der Waals surface area (Å²) >= 11 is 12.4. The van der Waals surface area contributed by atoms with Crippen LogP contribution in [0.5, 0.6) is 0 Å². The van der Waals surface area contributed by atoms with E-state index in [1.807, 2.05) is 25.2 Å². The van der Waals surface area contributed by atoms with Crippen LogP contribution in [0.2, 0.25) is 10.0 Å². The number of ether oxygens (including phenoxy) is 1. The van der Waals surface area contributed by atoms with Gasteiger partial charge in [0, 0.05) is 25.7 Å². The zero-order chi connectivity index (χ0) is 15.5. The number of hydrogen-bond acceptors (Lipinski definition) is 3. The normalized spacial score (nSPS) is 20.4. The Morgan fingerprint density at radius 1 is 1.38 bits per heavy atom. The summed E-state index contributed by atoms with van der Waals surface area (Å²) in [5, 5.41) is 4.61. The van der Waals surface area contributed by atoms with E-state index >= 15 is 0 Å². The van der Waals surface area contributed by atoms with Gasteiger partial charge in [0.05, 0.1) is 22.3 Å². The van der Waals surface area contributed by atoms with Gasteiger partial charge in [0.2, 0.25) is 0 Å². The Morgan fingerprint density at radius 2 is 2.14 bits per heavy atom. The molecule has 21 heavy (non-hydrogen) atoms. The third kappa shape index (κ3) is 4.57. The van der Waals surface area contributed by atoms with Crippen molar-refractivity contribution < 1.29 is 4.74 Å². The highest BCUT2D eigenvalue weighted by Gasteiger charge is 2.27. The topological polar surface area (TPSA) is 24.5 Å². The first-order valence-corrected chi connectivity index (χ1v) is 8.16. The lowest BCUT2D eigenvalue weighted by Gasteiger charge is -2.38. The summed E-state index contributed by atoms with van der Waals surface area (Å²) in [5.74, 6) is 0. The minimum atomic E-state index is -0.0545. The molecule has 2 rings (SSSR count). The maximum absolute atomic E-state index is 6.33. The van der Waals surface area contributed by atoms with Gasteiger partial charge >= 0.3 is 0 Å². The molecule has 1 aromatic carbocycles. The lowest BCUT2D eigenvalue weighted by Crippen LogP contribution is -2.48. The van der Waals surface area contributed by atoms with Gasteiger partial charge in [0.25, 0.3) is 0 Å². The summed E-state index contributed by atoms with van der Waals surface area (Å²) in [4.78, 5) is 2.45. The zero-order valence-corrected chi connectivity index (χ0v) is 14.5. The second-order valence-corrected chi connectivity index (χ2v) is 6.94. The summed E-state index contributed by atoms with van der Waals surface area (Å²) in [6.45, 7) is 8.05. The lowest BCUT2D eigenvalue weighted by atomic mass is 10.0. The summed E-state index contributed by atoms with van der Waals surface area (Å²) in [6.07, 6.45) is 0.993. The van der Waals surface area contributed by atoms with Gasteiger partial charge in [0.1, 0.15) is 0 Å². The average Bonchev–Trinajstić information content (AvgIpc) is 2.43. The van der Waals surface area contributed by atoms with Crippen molar-refractivity contribution in [2.24, 2.45) is 0 Å². The first kappa shape index (κ1) is 17.0. The SMILES string of the molecule is CNC(CCN1CCOC(C)(C)C1)c1cccc(Cl)c1Cl. The predicted molar refractivity (Wildman–Crippen MR) is 89.4 cm³/mol. The van der Waals surface area contributed by atoms with E-state index in [-0.39, 0.29) is 11.6 Å². The monoisotopic (exact) mass is 330 g/mol. The van der Waals surface area contributed by atoms with Gasteiger partial charge in [0.15, 0.2) is 0 Å². The van der Waals surface area contributed by atoms with Crippen molar-refractivity contribution in [3.63, 3.8) is 0 Å². The van der Waals surface area contributed by atoms with Crippen molar-refractivity contribution in [2.45, 2.75) is 31.9 Å². The van der Waals surface area contributed by atoms with Crippen LogP contribution in [0.4, 0.5) is 0 Å². The minimum Gasteiger partial charge on any atom is -0.373 e. The molecular weight excluding hydrogens is 307 g/mol. The first-order chi connectivity index (χ1) is 9.93. The standard InChI is InChI=1S/C16H24Cl2N2O/c1-16(2)11-20(9-10-21-16)8-7-14(19-3)12-5-4-6-13(17)15(12)18/h4-6,14,19H,7-11H2,1-3H3. The van der Waals surface area contributed by atoms with E-state index in [0.717, 1.165) is 38.2 Å². The average molecular weight is 331 g/mol. The quantitative estimate of drug-likeness (QED) is 0.889. The van der Waals surface area contributed by atoms with Crippen LogP contribution in [0, 0.1) is 0 Å². The van der Waals surface area contributed by atoms with Gasteiger partial charge < -0.3 is 10.1 Å². The van der Waals surface area contributed by atoms with Gasteiger partial charge in [-0.05, 0) is 38.9 Å². The van der Waals surface area contributed by atoms with Crippen molar-refractivity contribution in [1.29, 1.82) is 0 Å². The molecule has 118 valence electrons. The van der Waals surface area contributed by atoms with Crippen LogP contribution in [0.1, 0.15) is 31.9 Å². The smallest absolute Gasteiger partial charge is 0.0753 e. The Labute approximate surface area is 137 Å². The van der Waals surface area contributed by atoms with Crippen molar-refractivity contribution in [2.75, 3.05) is 33.3 Å². The molecule has 1 atom stereocenters. The van der Waals surface area contributed by atoms with Crippen LogP contribution in [0.25, 0.3) is 0 Å². The van der Waals surface area contributed by atoms with Gasteiger partial charge in [-0.3, -0.25) is 4.90 Å². The maximum atomic E-state index is 6.33. The van der Waals surface area contributed by atoms with E-state index in [1.54, 1.807) is 0 Å². The Morgan fingerprint density at radius 3 is 2.81 bits per heavy atom. The molecule has 0 radical (unpaired) electrons. The van der Waals surface area contributed by atoms with Crippen LogP contribution in [0.15, 0.2) is 18.2 Å². The molecule has 0 saturated carbocycles. The summed E-state index contributed by atoms with van der Waals surface area (Å²) in [6, 6.07) is 6.02. The molecule has 1 saturated heterocycles. The highest BCUT2D eigenvalue weighted by atomic mass is 35.5. The van der Waals surface area contributed by atoms with Crippen molar-refractivity contribution in [3.8, 4) is 0 Å².